The highest BCUT2D eigenvalue weighted by atomic mass is 35.5. The molecule has 0 bridgehead atoms. The monoisotopic (exact) mass is 379 g/mol. The van der Waals surface area contributed by atoms with Crippen molar-refractivity contribution in [2.45, 2.75) is 25.7 Å². The van der Waals surface area contributed by atoms with E-state index in [9.17, 15) is 9.59 Å². The first-order valence-electron chi connectivity index (χ1n) is 8.95. The van der Waals surface area contributed by atoms with Crippen LogP contribution in [0, 0.1) is 0 Å². The van der Waals surface area contributed by atoms with Crippen molar-refractivity contribution in [3.63, 3.8) is 0 Å². The highest BCUT2D eigenvalue weighted by Gasteiger charge is 2.23. The average molecular weight is 380 g/mol. The number of carbonyl (C=O) groups is 1. The first-order chi connectivity index (χ1) is 13.1. The highest BCUT2D eigenvalue weighted by molar-refractivity contribution is 6.33. The number of fused-ring (bicyclic) bond motifs is 1. The molecule has 4 rings (SSSR count). The molecule has 0 saturated carbocycles. The molecule has 2 aromatic carbocycles. The number of aromatic nitrogens is 1. The molecule has 0 N–H and O–H groups in total. The minimum absolute atomic E-state index is 0.205. The highest BCUT2D eigenvalue weighted by Crippen LogP contribution is 2.30. The summed E-state index contributed by atoms with van der Waals surface area (Å²) in [5.41, 5.74) is 2.75. The van der Waals surface area contributed by atoms with Crippen molar-refractivity contribution >= 4 is 17.6 Å². The van der Waals surface area contributed by atoms with Crippen LogP contribution in [0.15, 0.2) is 65.5 Å². The Morgan fingerprint density at radius 1 is 0.963 bits per heavy atom. The molecule has 0 saturated heterocycles. The van der Waals surface area contributed by atoms with Crippen molar-refractivity contribution in [3.05, 3.63) is 92.9 Å². The third kappa shape index (κ3) is 3.40. The molecule has 136 valence electrons. The van der Waals surface area contributed by atoms with Crippen LogP contribution < -0.4 is 10.3 Å². The molecule has 0 amide bonds. The second-order valence-electron chi connectivity index (χ2n) is 6.52. The van der Waals surface area contributed by atoms with E-state index >= 15 is 0 Å². The Kier molecular flexibility index (Phi) is 4.82. The standard InChI is InChI=1S/C22H18ClNO3/c23-18-12-6-4-10-16(18)22(26)27-20-14-21(25)24(15-8-2-1-3-9-15)19-13-7-5-11-17(19)20/h1-4,6,8-10,12,14H,5,7,11,13H2. The third-order valence-electron chi connectivity index (χ3n) is 4.79. The molecule has 4 nitrogen and oxygen atoms in total. The Balaban J connectivity index is 1.79. The van der Waals surface area contributed by atoms with Crippen molar-refractivity contribution in [3.8, 4) is 11.4 Å². The van der Waals surface area contributed by atoms with E-state index < -0.39 is 5.97 Å². The number of para-hydroxylation sites is 1. The van der Waals surface area contributed by atoms with E-state index in [-0.39, 0.29) is 11.1 Å². The van der Waals surface area contributed by atoms with Crippen LogP contribution in [-0.2, 0) is 12.8 Å². The lowest BCUT2D eigenvalue weighted by molar-refractivity contribution is 0.0732. The van der Waals surface area contributed by atoms with E-state index in [1.165, 1.54) is 6.07 Å². The topological polar surface area (TPSA) is 48.3 Å². The fourth-order valence-corrected chi connectivity index (χ4v) is 3.74. The van der Waals surface area contributed by atoms with Crippen LogP contribution in [0.2, 0.25) is 5.02 Å². The van der Waals surface area contributed by atoms with Gasteiger partial charge in [-0.15, -0.1) is 0 Å². The molecule has 5 heteroatoms. The predicted octanol–water partition coefficient (Wildman–Crippen LogP) is 4.59. The minimum atomic E-state index is -0.551. The van der Waals surface area contributed by atoms with E-state index in [1.807, 2.05) is 30.3 Å². The normalized spacial score (nSPS) is 13.1. The van der Waals surface area contributed by atoms with Crippen LogP contribution in [0.25, 0.3) is 5.69 Å². The number of pyridine rings is 1. The van der Waals surface area contributed by atoms with Gasteiger partial charge in [0.1, 0.15) is 5.75 Å². The van der Waals surface area contributed by atoms with E-state index in [1.54, 1.807) is 28.8 Å². The number of halogens is 1. The summed E-state index contributed by atoms with van der Waals surface area (Å²) in [5, 5.41) is 0.328. The quantitative estimate of drug-likeness (QED) is 0.625. The van der Waals surface area contributed by atoms with Crippen molar-refractivity contribution in [1.29, 1.82) is 0 Å². The molecule has 0 aliphatic heterocycles. The third-order valence-corrected chi connectivity index (χ3v) is 5.12. The number of ether oxygens (including phenoxy) is 1. The van der Waals surface area contributed by atoms with E-state index in [0.717, 1.165) is 42.6 Å². The molecule has 1 heterocycles. The van der Waals surface area contributed by atoms with E-state index in [4.69, 9.17) is 16.3 Å². The van der Waals surface area contributed by atoms with Crippen LogP contribution in [0.1, 0.15) is 34.5 Å². The lowest BCUT2D eigenvalue weighted by Crippen LogP contribution is -2.26. The van der Waals surface area contributed by atoms with E-state index in [2.05, 4.69) is 0 Å². The maximum absolute atomic E-state index is 12.8. The molecule has 0 spiro atoms. The van der Waals surface area contributed by atoms with Gasteiger partial charge in [-0.1, -0.05) is 41.9 Å². The maximum Gasteiger partial charge on any atom is 0.345 e. The smallest absolute Gasteiger partial charge is 0.345 e. The summed E-state index contributed by atoms with van der Waals surface area (Å²) in [6.07, 6.45) is 3.54. The Hall–Kier alpha value is -2.85. The van der Waals surface area contributed by atoms with E-state index in [0.29, 0.717) is 10.8 Å². The van der Waals surface area contributed by atoms with Crippen LogP contribution >= 0.6 is 11.6 Å². The Bertz CT molecular complexity index is 1060. The number of benzene rings is 2. The minimum Gasteiger partial charge on any atom is -0.422 e. The molecule has 1 aliphatic rings. The zero-order valence-electron chi connectivity index (χ0n) is 14.7. The lowest BCUT2D eigenvalue weighted by Gasteiger charge is -2.23. The van der Waals surface area contributed by atoms with Gasteiger partial charge in [-0.25, -0.2) is 4.79 Å². The molecule has 27 heavy (non-hydrogen) atoms. The summed E-state index contributed by atoms with van der Waals surface area (Å²) in [5.74, 6) is -0.211. The fraction of sp³-hybridized carbons (Fsp3) is 0.182. The van der Waals surface area contributed by atoms with Crippen LogP contribution in [-0.4, -0.2) is 10.5 Å². The molecule has 1 aliphatic carbocycles. The van der Waals surface area contributed by atoms with Gasteiger partial charge >= 0.3 is 5.97 Å². The number of hydrogen-bond donors (Lipinski definition) is 0. The SMILES string of the molecule is O=C(Oc1cc(=O)n(-c2ccccc2)c2c1CCCC2)c1ccccc1Cl. The zero-order valence-corrected chi connectivity index (χ0v) is 15.4. The first kappa shape index (κ1) is 17.6. The van der Waals surface area contributed by atoms with Gasteiger partial charge in [-0.05, 0) is 49.9 Å². The van der Waals surface area contributed by atoms with Gasteiger partial charge in [0, 0.05) is 23.0 Å². The number of carbonyl (C=O) groups excluding carboxylic acids is 1. The molecule has 1 aromatic heterocycles. The van der Waals surface area contributed by atoms with Gasteiger partial charge in [-0.2, -0.15) is 0 Å². The molecular weight excluding hydrogens is 362 g/mol. The molecular formula is C22H18ClNO3. The van der Waals surface area contributed by atoms with Crippen molar-refractivity contribution in [2.75, 3.05) is 0 Å². The lowest BCUT2D eigenvalue weighted by atomic mass is 9.94. The number of esters is 1. The van der Waals surface area contributed by atoms with Gasteiger partial charge in [0.15, 0.2) is 0 Å². The van der Waals surface area contributed by atoms with Crippen LogP contribution in [0.3, 0.4) is 0 Å². The molecule has 0 radical (unpaired) electrons. The largest absolute Gasteiger partial charge is 0.422 e. The van der Waals surface area contributed by atoms with Crippen LogP contribution in [0.5, 0.6) is 5.75 Å². The number of rotatable bonds is 3. The summed E-state index contributed by atoms with van der Waals surface area (Å²) < 4.78 is 7.34. The van der Waals surface area contributed by atoms with Gasteiger partial charge in [0.25, 0.3) is 5.56 Å². The molecule has 0 atom stereocenters. The van der Waals surface area contributed by atoms with Crippen molar-refractivity contribution in [1.82, 2.24) is 4.57 Å². The van der Waals surface area contributed by atoms with Gasteiger partial charge in [-0.3, -0.25) is 9.36 Å². The van der Waals surface area contributed by atoms with Crippen molar-refractivity contribution in [2.24, 2.45) is 0 Å². The number of hydrogen-bond acceptors (Lipinski definition) is 3. The van der Waals surface area contributed by atoms with Crippen LogP contribution in [0.4, 0.5) is 0 Å². The summed E-state index contributed by atoms with van der Waals surface area (Å²) in [6.45, 7) is 0. The summed E-state index contributed by atoms with van der Waals surface area (Å²) in [4.78, 5) is 25.4. The summed E-state index contributed by atoms with van der Waals surface area (Å²) >= 11 is 6.10. The second-order valence-corrected chi connectivity index (χ2v) is 6.93. The molecule has 0 unspecified atom stereocenters. The Labute approximate surface area is 162 Å². The fourth-order valence-electron chi connectivity index (χ4n) is 3.53. The zero-order chi connectivity index (χ0) is 18.8. The summed E-state index contributed by atoms with van der Waals surface area (Å²) in [6, 6.07) is 17.7. The Morgan fingerprint density at radius 3 is 2.44 bits per heavy atom. The first-order valence-corrected chi connectivity index (χ1v) is 9.33. The molecule has 0 fully saturated rings. The average Bonchev–Trinajstić information content (AvgIpc) is 2.69. The Morgan fingerprint density at radius 2 is 1.67 bits per heavy atom. The van der Waals surface area contributed by atoms with Crippen molar-refractivity contribution < 1.29 is 9.53 Å². The maximum atomic E-state index is 12.8. The number of nitrogens with zero attached hydrogens (tertiary/aromatic N) is 1. The second kappa shape index (κ2) is 7.41. The molecule has 3 aromatic rings. The predicted molar refractivity (Wildman–Crippen MR) is 105 cm³/mol. The van der Waals surface area contributed by atoms with Gasteiger partial charge < -0.3 is 4.74 Å². The summed E-state index contributed by atoms with van der Waals surface area (Å²) in [7, 11) is 0. The van der Waals surface area contributed by atoms with Gasteiger partial charge in [0.2, 0.25) is 0 Å². The van der Waals surface area contributed by atoms with Gasteiger partial charge in [0.05, 0.1) is 10.6 Å².